The summed E-state index contributed by atoms with van der Waals surface area (Å²) in [6.07, 6.45) is -5.48. The minimum absolute atomic E-state index is 0.164. The summed E-state index contributed by atoms with van der Waals surface area (Å²) in [5.41, 5.74) is 0.640. The summed E-state index contributed by atoms with van der Waals surface area (Å²) in [5.74, 6) is 5.11. The molecule has 0 bridgehead atoms. The maximum absolute atomic E-state index is 12.1. The predicted molar refractivity (Wildman–Crippen MR) is 65.2 cm³/mol. The fourth-order valence-electron chi connectivity index (χ4n) is 1.25. The molecule has 0 aliphatic heterocycles. The number of benzene rings is 1. The van der Waals surface area contributed by atoms with Gasteiger partial charge in [0, 0.05) is 27.9 Å². The number of rotatable bonds is 3. The largest absolute Gasteiger partial charge is 0.389 e. The Morgan fingerprint density at radius 1 is 1.41 bits per heavy atom. The maximum Gasteiger partial charge on any atom is 0.389 e. The highest BCUT2D eigenvalue weighted by Gasteiger charge is 2.27. The van der Waals surface area contributed by atoms with Crippen molar-refractivity contribution in [3.63, 3.8) is 0 Å². The third-order valence-electron chi connectivity index (χ3n) is 2.04. The van der Waals surface area contributed by atoms with E-state index in [1.807, 2.05) is 0 Å². The molecule has 0 saturated heterocycles. The fraction of sp³-hybridized carbons (Fsp3) is 0.300. The highest BCUT2D eigenvalue weighted by Crippen LogP contribution is 2.26. The van der Waals surface area contributed by atoms with Gasteiger partial charge in [-0.3, -0.25) is 0 Å². The molecular formula is C10H9BrClF3N2. The first kappa shape index (κ1) is 14.3. The Morgan fingerprint density at radius 3 is 2.59 bits per heavy atom. The van der Waals surface area contributed by atoms with Gasteiger partial charge in [0.25, 0.3) is 0 Å². The molecule has 0 aliphatic carbocycles. The first-order valence-electron chi connectivity index (χ1n) is 4.62. The van der Waals surface area contributed by atoms with E-state index in [0.717, 1.165) is 0 Å². The topological polar surface area (TPSA) is 38.4 Å². The second-order valence-corrected chi connectivity index (χ2v) is 4.61. The molecule has 7 heteroatoms. The molecule has 0 aliphatic rings. The number of hydrazone groups is 1. The number of hydrogen-bond donors (Lipinski definition) is 1. The molecule has 1 aromatic rings. The Labute approximate surface area is 110 Å². The Bertz CT molecular complexity index is 432. The van der Waals surface area contributed by atoms with E-state index < -0.39 is 12.6 Å². The van der Waals surface area contributed by atoms with Crippen LogP contribution in [0.1, 0.15) is 18.4 Å². The van der Waals surface area contributed by atoms with Crippen LogP contribution in [0.4, 0.5) is 13.2 Å². The number of nitrogens with zero attached hydrogens (tertiary/aromatic N) is 1. The molecule has 0 unspecified atom stereocenters. The molecule has 2 nitrogen and oxygen atoms in total. The fourth-order valence-corrected chi connectivity index (χ4v) is 1.90. The van der Waals surface area contributed by atoms with Gasteiger partial charge >= 0.3 is 6.18 Å². The minimum Gasteiger partial charge on any atom is -0.323 e. The third-order valence-corrected chi connectivity index (χ3v) is 2.97. The monoisotopic (exact) mass is 328 g/mol. The zero-order chi connectivity index (χ0) is 13.1. The van der Waals surface area contributed by atoms with Crippen LogP contribution in [0.5, 0.6) is 0 Å². The van der Waals surface area contributed by atoms with Crippen LogP contribution in [-0.2, 0) is 0 Å². The van der Waals surface area contributed by atoms with E-state index in [1.165, 1.54) is 6.07 Å². The summed E-state index contributed by atoms with van der Waals surface area (Å²) in [4.78, 5) is 0. The molecule has 1 rings (SSSR count). The van der Waals surface area contributed by atoms with Gasteiger partial charge < -0.3 is 5.84 Å². The van der Waals surface area contributed by atoms with E-state index in [2.05, 4.69) is 21.0 Å². The molecule has 94 valence electrons. The lowest BCUT2D eigenvalue weighted by Gasteiger charge is -2.10. The Hall–Kier alpha value is -0.750. The van der Waals surface area contributed by atoms with Crippen LogP contribution < -0.4 is 5.84 Å². The van der Waals surface area contributed by atoms with Crippen molar-refractivity contribution < 1.29 is 13.2 Å². The Morgan fingerprint density at radius 2 is 2.06 bits per heavy atom. The zero-order valence-electron chi connectivity index (χ0n) is 8.56. The van der Waals surface area contributed by atoms with Crippen molar-refractivity contribution in [3.05, 3.63) is 33.3 Å². The summed E-state index contributed by atoms with van der Waals surface area (Å²) in [5, 5.41) is 3.80. The van der Waals surface area contributed by atoms with Crippen LogP contribution in [0.25, 0.3) is 0 Å². The lowest BCUT2D eigenvalue weighted by Crippen LogP contribution is -2.13. The van der Waals surface area contributed by atoms with E-state index in [9.17, 15) is 13.2 Å². The first-order valence-corrected chi connectivity index (χ1v) is 5.79. The number of nitrogens with two attached hydrogens (primary N) is 1. The standard InChI is InChI=1S/C10H9BrClF3N2/c11-8-2-1-6(12)5-7(8)9(17-16)3-4-10(13,14)15/h1-2,5H,3-4,16H2/b17-9+. The van der Waals surface area contributed by atoms with Crippen molar-refractivity contribution in [1.82, 2.24) is 0 Å². The molecule has 17 heavy (non-hydrogen) atoms. The maximum atomic E-state index is 12.1. The molecule has 1 aromatic carbocycles. The predicted octanol–water partition coefficient (Wildman–Crippen LogP) is 4.11. The number of alkyl halides is 3. The van der Waals surface area contributed by atoms with Crippen LogP contribution in [-0.4, -0.2) is 11.9 Å². The SMILES string of the molecule is N/N=C(\CCC(F)(F)F)c1cc(Cl)ccc1Br. The molecule has 0 amide bonds. The second-order valence-electron chi connectivity index (χ2n) is 3.32. The summed E-state index contributed by atoms with van der Waals surface area (Å²) >= 11 is 8.99. The van der Waals surface area contributed by atoms with Crippen LogP contribution in [0.15, 0.2) is 27.8 Å². The lowest BCUT2D eigenvalue weighted by atomic mass is 10.1. The van der Waals surface area contributed by atoms with Gasteiger partial charge in [-0.05, 0) is 18.2 Å². The van der Waals surface area contributed by atoms with Crippen molar-refractivity contribution in [2.45, 2.75) is 19.0 Å². The van der Waals surface area contributed by atoms with E-state index in [0.29, 0.717) is 15.1 Å². The highest BCUT2D eigenvalue weighted by molar-refractivity contribution is 9.10. The van der Waals surface area contributed by atoms with Crippen molar-refractivity contribution >= 4 is 33.2 Å². The van der Waals surface area contributed by atoms with Crippen molar-refractivity contribution in [2.75, 3.05) is 0 Å². The molecule has 0 aromatic heterocycles. The van der Waals surface area contributed by atoms with Gasteiger partial charge in [0.1, 0.15) is 0 Å². The average Bonchev–Trinajstić information content (AvgIpc) is 2.22. The van der Waals surface area contributed by atoms with Crippen LogP contribution in [0.2, 0.25) is 5.02 Å². The number of halogens is 5. The minimum atomic E-state index is -4.24. The molecule has 0 radical (unpaired) electrons. The molecule has 0 heterocycles. The molecular weight excluding hydrogens is 320 g/mol. The van der Waals surface area contributed by atoms with Gasteiger partial charge in [0.05, 0.1) is 5.71 Å². The first-order chi connectivity index (χ1) is 7.83. The normalized spacial score (nSPS) is 12.9. The smallest absolute Gasteiger partial charge is 0.323 e. The van der Waals surface area contributed by atoms with Crippen molar-refractivity contribution in [2.24, 2.45) is 10.9 Å². The second kappa shape index (κ2) is 5.73. The van der Waals surface area contributed by atoms with Gasteiger partial charge in [-0.2, -0.15) is 18.3 Å². The van der Waals surface area contributed by atoms with Crippen LogP contribution in [0, 0.1) is 0 Å². The van der Waals surface area contributed by atoms with E-state index in [4.69, 9.17) is 17.4 Å². The average molecular weight is 330 g/mol. The third kappa shape index (κ3) is 4.55. The Balaban J connectivity index is 2.91. The van der Waals surface area contributed by atoms with Gasteiger partial charge in [-0.15, -0.1) is 0 Å². The van der Waals surface area contributed by atoms with Crippen LogP contribution in [0.3, 0.4) is 0 Å². The molecule has 0 fully saturated rings. The van der Waals surface area contributed by atoms with E-state index >= 15 is 0 Å². The quantitative estimate of drug-likeness (QED) is 0.506. The van der Waals surface area contributed by atoms with Gasteiger partial charge in [0.2, 0.25) is 0 Å². The van der Waals surface area contributed by atoms with Gasteiger partial charge in [0.15, 0.2) is 0 Å². The van der Waals surface area contributed by atoms with Gasteiger partial charge in [-0.25, -0.2) is 0 Å². The van der Waals surface area contributed by atoms with Crippen molar-refractivity contribution in [1.29, 1.82) is 0 Å². The van der Waals surface area contributed by atoms with Crippen LogP contribution >= 0.6 is 27.5 Å². The Kier molecular flexibility index (Phi) is 4.82. The molecule has 0 spiro atoms. The highest BCUT2D eigenvalue weighted by atomic mass is 79.9. The molecule has 0 saturated carbocycles. The van der Waals surface area contributed by atoms with Crippen molar-refractivity contribution in [3.8, 4) is 0 Å². The van der Waals surface area contributed by atoms with E-state index in [-0.39, 0.29) is 12.1 Å². The molecule has 2 N–H and O–H groups in total. The summed E-state index contributed by atoms with van der Waals surface area (Å²) < 4.78 is 36.9. The summed E-state index contributed by atoms with van der Waals surface area (Å²) in [6.45, 7) is 0. The van der Waals surface area contributed by atoms with Gasteiger partial charge in [-0.1, -0.05) is 27.5 Å². The summed E-state index contributed by atoms with van der Waals surface area (Å²) in [7, 11) is 0. The lowest BCUT2D eigenvalue weighted by molar-refractivity contribution is -0.132. The number of hydrogen-bond acceptors (Lipinski definition) is 2. The zero-order valence-corrected chi connectivity index (χ0v) is 10.9. The molecule has 0 atom stereocenters. The summed E-state index contributed by atoms with van der Waals surface area (Å²) in [6, 6.07) is 4.77. The van der Waals surface area contributed by atoms with E-state index in [1.54, 1.807) is 12.1 Å².